The Labute approximate surface area is 126 Å². The average molecular weight is 278 g/mol. The fourth-order valence-electron chi connectivity index (χ4n) is 3.19. The molecule has 0 aliphatic heterocycles. The molecular weight excluding hydrogens is 256 g/mol. The molecule has 2 heteroatoms. The Balaban J connectivity index is 2.04. The molecule has 0 aliphatic carbocycles. The van der Waals surface area contributed by atoms with Crippen molar-refractivity contribution >= 4 is 10.9 Å². The minimum Gasteiger partial charge on any atom is -0.343 e. The first kappa shape index (κ1) is 13.9. The second-order valence-corrected chi connectivity index (χ2v) is 5.83. The van der Waals surface area contributed by atoms with Crippen molar-refractivity contribution in [3.63, 3.8) is 0 Å². The van der Waals surface area contributed by atoms with E-state index in [4.69, 9.17) is 5.73 Å². The third-order valence-electron chi connectivity index (χ3n) is 3.92. The summed E-state index contributed by atoms with van der Waals surface area (Å²) >= 11 is 0. The number of fused-ring (bicyclic) bond motifs is 1. The summed E-state index contributed by atoms with van der Waals surface area (Å²) < 4.78 is 2.34. The van der Waals surface area contributed by atoms with Gasteiger partial charge in [0.25, 0.3) is 0 Å². The first-order chi connectivity index (χ1) is 10.2. The van der Waals surface area contributed by atoms with Gasteiger partial charge in [-0.1, -0.05) is 47.5 Å². The van der Waals surface area contributed by atoms with Gasteiger partial charge in [-0.05, 0) is 49.4 Å². The number of aryl methyl sites for hydroxylation is 2. The molecule has 0 aliphatic rings. The standard InChI is InChI=1S/C19H22N2/c1-14-10-15(2)12-16(11-14)13-21-9-7-18-5-3-4-17(6-8-20)19(18)21/h3-5,7,9-12H,6,8,13,20H2,1-2H3. The van der Waals surface area contributed by atoms with E-state index in [0.717, 1.165) is 13.0 Å². The van der Waals surface area contributed by atoms with Gasteiger partial charge < -0.3 is 10.3 Å². The van der Waals surface area contributed by atoms with Crippen molar-refractivity contribution in [2.24, 2.45) is 5.73 Å². The van der Waals surface area contributed by atoms with E-state index in [9.17, 15) is 0 Å². The second-order valence-electron chi connectivity index (χ2n) is 5.83. The molecule has 2 N–H and O–H groups in total. The molecular formula is C19H22N2. The molecule has 0 saturated heterocycles. The zero-order valence-electron chi connectivity index (χ0n) is 12.8. The molecule has 3 aromatic rings. The van der Waals surface area contributed by atoms with Gasteiger partial charge in [-0.25, -0.2) is 0 Å². The molecule has 21 heavy (non-hydrogen) atoms. The number of rotatable bonds is 4. The van der Waals surface area contributed by atoms with E-state index in [1.165, 1.54) is 33.2 Å². The number of hydrogen-bond acceptors (Lipinski definition) is 1. The van der Waals surface area contributed by atoms with Gasteiger partial charge in [-0.15, -0.1) is 0 Å². The highest BCUT2D eigenvalue weighted by Crippen LogP contribution is 2.22. The van der Waals surface area contributed by atoms with E-state index in [1.807, 2.05) is 0 Å². The summed E-state index contributed by atoms with van der Waals surface area (Å²) in [6.45, 7) is 5.91. The fourth-order valence-corrected chi connectivity index (χ4v) is 3.19. The molecule has 0 saturated carbocycles. The molecule has 1 aromatic heterocycles. The van der Waals surface area contributed by atoms with Crippen LogP contribution < -0.4 is 5.73 Å². The predicted octanol–water partition coefficient (Wildman–Crippen LogP) is 3.81. The summed E-state index contributed by atoms with van der Waals surface area (Å²) in [7, 11) is 0. The summed E-state index contributed by atoms with van der Waals surface area (Å²) in [6.07, 6.45) is 3.11. The first-order valence-electron chi connectivity index (χ1n) is 7.51. The molecule has 0 atom stereocenters. The van der Waals surface area contributed by atoms with Gasteiger partial charge >= 0.3 is 0 Å². The van der Waals surface area contributed by atoms with Gasteiger partial charge in [0.05, 0.1) is 5.52 Å². The Kier molecular flexibility index (Phi) is 3.80. The molecule has 2 nitrogen and oxygen atoms in total. The highest BCUT2D eigenvalue weighted by atomic mass is 15.0. The van der Waals surface area contributed by atoms with Crippen LogP contribution in [-0.2, 0) is 13.0 Å². The second kappa shape index (κ2) is 5.74. The highest BCUT2D eigenvalue weighted by Gasteiger charge is 2.07. The molecule has 0 amide bonds. The van der Waals surface area contributed by atoms with Crippen LogP contribution in [0, 0.1) is 13.8 Å². The smallest absolute Gasteiger partial charge is 0.0516 e. The van der Waals surface area contributed by atoms with E-state index in [0.29, 0.717) is 6.54 Å². The van der Waals surface area contributed by atoms with E-state index < -0.39 is 0 Å². The zero-order chi connectivity index (χ0) is 14.8. The summed E-state index contributed by atoms with van der Waals surface area (Å²) in [5, 5.41) is 1.30. The zero-order valence-corrected chi connectivity index (χ0v) is 12.8. The van der Waals surface area contributed by atoms with Gasteiger partial charge in [0.15, 0.2) is 0 Å². The van der Waals surface area contributed by atoms with E-state index in [1.54, 1.807) is 0 Å². The topological polar surface area (TPSA) is 30.9 Å². The van der Waals surface area contributed by atoms with Gasteiger partial charge in [-0.3, -0.25) is 0 Å². The molecule has 0 bridgehead atoms. The molecule has 108 valence electrons. The molecule has 1 heterocycles. The average Bonchev–Trinajstić information content (AvgIpc) is 2.82. The van der Waals surface area contributed by atoms with Crippen LogP contribution in [0.3, 0.4) is 0 Å². The number of aromatic nitrogens is 1. The molecule has 0 spiro atoms. The van der Waals surface area contributed by atoms with Crippen LogP contribution in [0.4, 0.5) is 0 Å². The lowest BCUT2D eigenvalue weighted by molar-refractivity contribution is 0.826. The largest absolute Gasteiger partial charge is 0.343 e. The Hall–Kier alpha value is -2.06. The predicted molar refractivity (Wildman–Crippen MR) is 89.7 cm³/mol. The Morgan fingerprint density at radius 2 is 1.76 bits per heavy atom. The van der Waals surface area contributed by atoms with Crippen molar-refractivity contribution in [3.8, 4) is 0 Å². The SMILES string of the molecule is Cc1cc(C)cc(Cn2ccc3cccc(CCN)c32)c1. The first-order valence-corrected chi connectivity index (χ1v) is 7.51. The number of para-hydroxylation sites is 1. The van der Waals surface area contributed by atoms with Crippen LogP contribution >= 0.6 is 0 Å². The molecule has 3 rings (SSSR count). The molecule has 0 radical (unpaired) electrons. The van der Waals surface area contributed by atoms with Crippen molar-refractivity contribution in [2.45, 2.75) is 26.8 Å². The number of nitrogens with two attached hydrogens (primary N) is 1. The fraction of sp³-hybridized carbons (Fsp3) is 0.263. The number of benzene rings is 2. The van der Waals surface area contributed by atoms with Crippen LogP contribution in [0.2, 0.25) is 0 Å². The monoisotopic (exact) mass is 278 g/mol. The van der Waals surface area contributed by atoms with E-state index >= 15 is 0 Å². The minimum absolute atomic E-state index is 0.688. The number of hydrogen-bond donors (Lipinski definition) is 1. The van der Waals surface area contributed by atoms with E-state index in [2.05, 4.69) is 67.1 Å². The van der Waals surface area contributed by atoms with Crippen LogP contribution in [-0.4, -0.2) is 11.1 Å². The van der Waals surface area contributed by atoms with Crippen molar-refractivity contribution < 1.29 is 0 Å². The van der Waals surface area contributed by atoms with Crippen LogP contribution in [0.25, 0.3) is 10.9 Å². The highest BCUT2D eigenvalue weighted by molar-refractivity contribution is 5.83. The molecule has 0 fully saturated rings. The quantitative estimate of drug-likeness (QED) is 0.773. The van der Waals surface area contributed by atoms with Crippen LogP contribution in [0.15, 0.2) is 48.7 Å². The van der Waals surface area contributed by atoms with Crippen molar-refractivity contribution in [3.05, 3.63) is 70.9 Å². The maximum atomic E-state index is 5.75. The van der Waals surface area contributed by atoms with E-state index in [-0.39, 0.29) is 0 Å². The van der Waals surface area contributed by atoms with Crippen LogP contribution in [0.1, 0.15) is 22.3 Å². The van der Waals surface area contributed by atoms with Gasteiger partial charge in [0.2, 0.25) is 0 Å². The molecule has 0 unspecified atom stereocenters. The van der Waals surface area contributed by atoms with Gasteiger partial charge in [0.1, 0.15) is 0 Å². The van der Waals surface area contributed by atoms with Crippen LogP contribution in [0.5, 0.6) is 0 Å². The lowest BCUT2D eigenvalue weighted by Crippen LogP contribution is -2.06. The Bertz CT molecular complexity index is 748. The molecule has 2 aromatic carbocycles. The summed E-state index contributed by atoms with van der Waals surface area (Å²) in [6, 6.07) is 15.4. The third kappa shape index (κ3) is 2.86. The number of nitrogens with zero attached hydrogens (tertiary/aromatic N) is 1. The normalized spacial score (nSPS) is 11.2. The summed E-state index contributed by atoms with van der Waals surface area (Å²) in [5.41, 5.74) is 12.4. The summed E-state index contributed by atoms with van der Waals surface area (Å²) in [5.74, 6) is 0. The third-order valence-corrected chi connectivity index (χ3v) is 3.92. The van der Waals surface area contributed by atoms with Crippen molar-refractivity contribution in [1.29, 1.82) is 0 Å². The van der Waals surface area contributed by atoms with Gasteiger partial charge in [0, 0.05) is 12.7 Å². The Morgan fingerprint density at radius 1 is 1.00 bits per heavy atom. The van der Waals surface area contributed by atoms with Crippen molar-refractivity contribution in [1.82, 2.24) is 4.57 Å². The Morgan fingerprint density at radius 3 is 2.48 bits per heavy atom. The lowest BCUT2D eigenvalue weighted by atomic mass is 10.1. The lowest BCUT2D eigenvalue weighted by Gasteiger charge is -2.11. The van der Waals surface area contributed by atoms with Gasteiger partial charge in [-0.2, -0.15) is 0 Å². The van der Waals surface area contributed by atoms with Crippen molar-refractivity contribution in [2.75, 3.05) is 6.54 Å². The minimum atomic E-state index is 0.688. The maximum Gasteiger partial charge on any atom is 0.0516 e. The summed E-state index contributed by atoms with van der Waals surface area (Å²) in [4.78, 5) is 0. The maximum absolute atomic E-state index is 5.75.